The van der Waals surface area contributed by atoms with Crippen LogP contribution in [0.3, 0.4) is 0 Å². The number of halogens is 1. The lowest BCUT2D eigenvalue weighted by Gasteiger charge is -2.31. The molecule has 0 saturated carbocycles. The first-order valence-corrected chi connectivity index (χ1v) is 6.69. The van der Waals surface area contributed by atoms with Crippen molar-refractivity contribution in [3.63, 3.8) is 0 Å². The highest BCUT2D eigenvalue weighted by atomic mass is 35.5. The molecule has 0 aliphatic rings. The SMILES string of the molecule is COS(C)(Cc1ccc(Cl)nc1)NC#N. The summed E-state index contributed by atoms with van der Waals surface area (Å²) in [6.45, 7) is 0. The maximum atomic E-state index is 8.60. The van der Waals surface area contributed by atoms with Crippen LogP contribution >= 0.6 is 22.1 Å². The lowest BCUT2D eigenvalue weighted by molar-refractivity contribution is 0.462. The number of nitriles is 1. The highest BCUT2D eigenvalue weighted by Crippen LogP contribution is 2.43. The van der Waals surface area contributed by atoms with Crippen LogP contribution in [0, 0.1) is 11.5 Å². The molecule has 0 amide bonds. The molecule has 0 spiro atoms. The summed E-state index contributed by atoms with van der Waals surface area (Å²) in [6.07, 6.45) is 5.47. The highest BCUT2D eigenvalue weighted by molar-refractivity contribution is 8.27. The van der Waals surface area contributed by atoms with Crippen molar-refractivity contribution in [2.75, 3.05) is 13.4 Å². The molecule has 1 N–H and O–H groups in total. The quantitative estimate of drug-likeness (QED) is 0.502. The minimum Gasteiger partial charge on any atom is -0.321 e. The minimum atomic E-state index is -1.59. The zero-order chi connectivity index (χ0) is 11.3. The van der Waals surface area contributed by atoms with E-state index >= 15 is 0 Å². The Labute approximate surface area is 95.9 Å². The molecule has 82 valence electrons. The Balaban J connectivity index is 2.75. The van der Waals surface area contributed by atoms with Crippen LogP contribution in [0.4, 0.5) is 0 Å². The molecule has 1 aromatic rings. The fourth-order valence-corrected chi connectivity index (χ4v) is 2.43. The van der Waals surface area contributed by atoms with Gasteiger partial charge in [-0.3, -0.25) is 4.72 Å². The summed E-state index contributed by atoms with van der Waals surface area (Å²) < 4.78 is 7.98. The van der Waals surface area contributed by atoms with Gasteiger partial charge in [0.1, 0.15) is 5.15 Å². The van der Waals surface area contributed by atoms with Crippen molar-refractivity contribution in [3.05, 3.63) is 29.0 Å². The van der Waals surface area contributed by atoms with E-state index in [1.54, 1.807) is 19.4 Å². The average molecular weight is 246 g/mol. The standard InChI is InChI=1S/C9H12ClN3OS/c1-14-15(2,13-7-11)6-8-3-4-9(10)12-5-8/h3-5,13H,6H2,1-2H3. The second kappa shape index (κ2) is 5.21. The molecule has 15 heavy (non-hydrogen) atoms. The van der Waals surface area contributed by atoms with Crippen LogP contribution in [0.2, 0.25) is 5.15 Å². The number of pyridine rings is 1. The van der Waals surface area contributed by atoms with Crippen molar-refractivity contribution in [3.8, 4) is 6.19 Å². The van der Waals surface area contributed by atoms with Gasteiger partial charge in [0, 0.05) is 18.2 Å². The Morgan fingerprint density at radius 2 is 2.40 bits per heavy atom. The van der Waals surface area contributed by atoms with E-state index in [1.807, 2.05) is 18.5 Å². The Morgan fingerprint density at radius 3 is 2.87 bits per heavy atom. The van der Waals surface area contributed by atoms with E-state index in [2.05, 4.69) is 9.71 Å². The summed E-state index contributed by atoms with van der Waals surface area (Å²) in [5, 5.41) is 9.06. The van der Waals surface area contributed by atoms with E-state index in [4.69, 9.17) is 21.0 Å². The molecular formula is C9H12ClN3OS. The van der Waals surface area contributed by atoms with Gasteiger partial charge < -0.3 is 4.18 Å². The molecule has 1 atom stereocenters. The van der Waals surface area contributed by atoms with Crippen LogP contribution in [-0.4, -0.2) is 18.3 Å². The summed E-state index contributed by atoms with van der Waals surface area (Å²) in [5.41, 5.74) is 0.988. The summed E-state index contributed by atoms with van der Waals surface area (Å²) in [6, 6.07) is 3.59. The van der Waals surface area contributed by atoms with Crippen LogP contribution in [-0.2, 0) is 9.94 Å². The molecule has 1 unspecified atom stereocenters. The first kappa shape index (κ1) is 12.1. The number of aromatic nitrogens is 1. The highest BCUT2D eigenvalue weighted by Gasteiger charge is 2.17. The van der Waals surface area contributed by atoms with Gasteiger partial charge in [-0.1, -0.05) is 28.2 Å². The topological polar surface area (TPSA) is 57.9 Å². The first-order chi connectivity index (χ1) is 7.09. The van der Waals surface area contributed by atoms with Gasteiger partial charge in [0.05, 0.1) is 7.11 Å². The summed E-state index contributed by atoms with van der Waals surface area (Å²) in [5.74, 6) is 0.626. The average Bonchev–Trinajstić information content (AvgIpc) is 2.22. The van der Waals surface area contributed by atoms with Crippen molar-refractivity contribution in [1.29, 1.82) is 5.26 Å². The molecule has 0 saturated heterocycles. The Hall–Kier alpha value is -0.960. The Kier molecular flexibility index (Phi) is 4.21. The number of nitrogens with one attached hydrogen (secondary N) is 1. The van der Waals surface area contributed by atoms with E-state index in [0.29, 0.717) is 10.9 Å². The van der Waals surface area contributed by atoms with Gasteiger partial charge >= 0.3 is 0 Å². The monoisotopic (exact) mass is 245 g/mol. The zero-order valence-corrected chi connectivity index (χ0v) is 10.1. The summed E-state index contributed by atoms with van der Waals surface area (Å²) in [4.78, 5) is 3.97. The summed E-state index contributed by atoms with van der Waals surface area (Å²) in [7, 11) is -0.000784. The van der Waals surface area contributed by atoms with Crippen molar-refractivity contribution >= 4 is 22.1 Å². The van der Waals surface area contributed by atoms with Gasteiger partial charge in [0.15, 0.2) is 6.19 Å². The predicted octanol–water partition coefficient (Wildman–Crippen LogP) is 2.22. The zero-order valence-electron chi connectivity index (χ0n) is 8.53. The molecule has 0 bridgehead atoms. The minimum absolute atomic E-state index is 0.459. The molecule has 0 aliphatic heterocycles. The second-order valence-corrected chi connectivity index (χ2v) is 6.24. The molecule has 6 heteroatoms. The maximum absolute atomic E-state index is 8.60. The lowest BCUT2D eigenvalue weighted by atomic mass is 10.3. The molecule has 1 aromatic heterocycles. The van der Waals surface area contributed by atoms with Gasteiger partial charge in [0.25, 0.3) is 0 Å². The first-order valence-electron chi connectivity index (χ1n) is 4.17. The number of hydrogen-bond acceptors (Lipinski definition) is 4. The third-order valence-electron chi connectivity index (χ3n) is 1.86. The van der Waals surface area contributed by atoms with Crippen molar-refractivity contribution in [2.24, 2.45) is 0 Å². The largest absolute Gasteiger partial charge is 0.321 e. The number of nitrogens with zero attached hydrogens (tertiary/aromatic N) is 2. The van der Waals surface area contributed by atoms with Crippen molar-refractivity contribution in [2.45, 2.75) is 5.75 Å². The Morgan fingerprint density at radius 1 is 1.67 bits per heavy atom. The van der Waals surface area contributed by atoms with E-state index in [9.17, 15) is 0 Å². The van der Waals surface area contributed by atoms with E-state index in [-0.39, 0.29) is 0 Å². The van der Waals surface area contributed by atoms with Gasteiger partial charge in [0.2, 0.25) is 0 Å². The van der Waals surface area contributed by atoms with Crippen LogP contribution in [0.15, 0.2) is 18.3 Å². The summed E-state index contributed by atoms with van der Waals surface area (Å²) >= 11 is 5.67. The molecule has 4 nitrogen and oxygen atoms in total. The van der Waals surface area contributed by atoms with Crippen molar-refractivity contribution in [1.82, 2.24) is 9.71 Å². The smallest absolute Gasteiger partial charge is 0.187 e. The van der Waals surface area contributed by atoms with Crippen LogP contribution in [0.1, 0.15) is 5.56 Å². The molecule has 0 aliphatic carbocycles. The van der Waals surface area contributed by atoms with Gasteiger partial charge in [-0.2, -0.15) is 5.26 Å². The third-order valence-corrected chi connectivity index (χ3v) is 4.23. The Bertz CT molecular complexity index is 365. The molecule has 0 radical (unpaired) electrons. The van der Waals surface area contributed by atoms with Crippen LogP contribution in [0.25, 0.3) is 0 Å². The molecule has 1 rings (SSSR count). The fourth-order valence-electron chi connectivity index (χ4n) is 1.04. The second-order valence-electron chi connectivity index (χ2n) is 3.02. The van der Waals surface area contributed by atoms with E-state index < -0.39 is 10.5 Å². The van der Waals surface area contributed by atoms with E-state index in [0.717, 1.165) is 5.56 Å². The molecule has 1 heterocycles. The molecular weight excluding hydrogens is 234 g/mol. The molecule has 0 fully saturated rings. The van der Waals surface area contributed by atoms with Crippen LogP contribution < -0.4 is 4.72 Å². The fraction of sp³-hybridized carbons (Fsp3) is 0.333. The van der Waals surface area contributed by atoms with Gasteiger partial charge in [-0.15, -0.1) is 0 Å². The predicted molar refractivity (Wildman–Crippen MR) is 62.2 cm³/mol. The van der Waals surface area contributed by atoms with E-state index in [1.165, 1.54) is 0 Å². The number of hydrogen-bond donors (Lipinski definition) is 1. The third kappa shape index (κ3) is 3.59. The molecule has 0 aromatic carbocycles. The van der Waals surface area contributed by atoms with Crippen molar-refractivity contribution < 1.29 is 4.18 Å². The lowest BCUT2D eigenvalue weighted by Crippen LogP contribution is -2.18. The van der Waals surface area contributed by atoms with Gasteiger partial charge in [-0.25, -0.2) is 4.98 Å². The van der Waals surface area contributed by atoms with Crippen LogP contribution in [0.5, 0.6) is 0 Å². The number of rotatable bonds is 4. The maximum Gasteiger partial charge on any atom is 0.187 e. The normalized spacial score (nSPS) is 16.1. The van der Waals surface area contributed by atoms with Gasteiger partial charge in [-0.05, 0) is 11.6 Å².